The highest BCUT2D eigenvalue weighted by molar-refractivity contribution is 5.96. The maximum absolute atomic E-state index is 4.64. The van der Waals surface area contributed by atoms with Gasteiger partial charge in [-0.15, -0.1) is 12.4 Å². The van der Waals surface area contributed by atoms with Crippen LogP contribution in [0, 0.1) is 0 Å². The minimum absolute atomic E-state index is 0. The molecule has 94 valence electrons. The molecule has 0 unspecified atom stereocenters. The minimum Gasteiger partial charge on any atom is -0.344 e. The normalized spacial score (nSPS) is 16.6. The van der Waals surface area contributed by atoms with E-state index < -0.39 is 0 Å². The minimum atomic E-state index is 0. The van der Waals surface area contributed by atoms with E-state index in [9.17, 15) is 0 Å². The Bertz CT molecular complexity index is 374. The number of hydrogen-bond donors (Lipinski definition) is 1. The third-order valence-corrected chi connectivity index (χ3v) is 2.97. The topological polar surface area (TPSA) is 24.4 Å². The average Bonchev–Trinajstić information content (AvgIpc) is 2.51. The molecular formula is C14H21ClN2. The summed E-state index contributed by atoms with van der Waals surface area (Å²) in [7, 11) is 0. The molecule has 1 aromatic carbocycles. The van der Waals surface area contributed by atoms with Crippen LogP contribution in [0.1, 0.15) is 38.2 Å². The van der Waals surface area contributed by atoms with Crippen LogP contribution in [0.5, 0.6) is 0 Å². The Hall–Kier alpha value is -1.02. The van der Waals surface area contributed by atoms with Crippen molar-refractivity contribution in [2.75, 3.05) is 11.9 Å². The lowest BCUT2D eigenvalue weighted by Gasteiger charge is -2.08. The number of halogens is 1. The van der Waals surface area contributed by atoms with Crippen molar-refractivity contribution < 1.29 is 0 Å². The first kappa shape index (κ1) is 14.0. The molecule has 3 heteroatoms. The molecule has 1 aliphatic heterocycles. The monoisotopic (exact) mass is 252 g/mol. The third kappa shape index (κ3) is 4.04. The van der Waals surface area contributed by atoms with Crippen molar-refractivity contribution in [1.29, 1.82) is 0 Å². The van der Waals surface area contributed by atoms with Crippen molar-refractivity contribution in [2.45, 2.75) is 39.0 Å². The maximum Gasteiger partial charge on any atom is 0.101 e. The van der Waals surface area contributed by atoms with Crippen molar-refractivity contribution >= 4 is 23.9 Å². The van der Waals surface area contributed by atoms with Crippen LogP contribution in [0.15, 0.2) is 29.3 Å². The second kappa shape index (κ2) is 7.33. The lowest BCUT2D eigenvalue weighted by Crippen LogP contribution is -2.11. The Morgan fingerprint density at radius 3 is 2.88 bits per heavy atom. The summed E-state index contributed by atoms with van der Waals surface area (Å²) in [6.45, 7) is 3.16. The lowest BCUT2D eigenvalue weighted by molar-refractivity contribution is 0.800. The van der Waals surface area contributed by atoms with Crippen LogP contribution in [0.4, 0.5) is 5.69 Å². The molecule has 0 amide bonds. The number of aryl methyl sites for hydroxylation is 1. The molecule has 0 fully saturated rings. The molecule has 0 saturated heterocycles. The number of unbranched alkanes of at least 4 members (excludes halogenated alkanes) is 1. The van der Waals surface area contributed by atoms with Gasteiger partial charge in [0.05, 0.1) is 0 Å². The fourth-order valence-corrected chi connectivity index (χ4v) is 2.02. The number of rotatable bonds is 3. The molecule has 1 N–H and O–H groups in total. The molecule has 0 aromatic heterocycles. The van der Waals surface area contributed by atoms with Gasteiger partial charge in [0.15, 0.2) is 0 Å². The van der Waals surface area contributed by atoms with Gasteiger partial charge in [-0.05, 0) is 30.9 Å². The van der Waals surface area contributed by atoms with Crippen molar-refractivity contribution in [1.82, 2.24) is 0 Å². The van der Waals surface area contributed by atoms with Crippen molar-refractivity contribution in [3.8, 4) is 0 Å². The SMILES string of the molecule is CCCCN=C1CCCc2ccccc2N1.Cl. The second-order valence-electron chi connectivity index (χ2n) is 4.32. The smallest absolute Gasteiger partial charge is 0.101 e. The van der Waals surface area contributed by atoms with Gasteiger partial charge >= 0.3 is 0 Å². The Balaban J connectivity index is 0.00000144. The number of nitrogens with one attached hydrogen (secondary N) is 1. The molecule has 0 saturated carbocycles. The molecule has 0 aliphatic carbocycles. The first-order valence-electron chi connectivity index (χ1n) is 6.28. The van der Waals surface area contributed by atoms with Gasteiger partial charge in [-0.2, -0.15) is 0 Å². The van der Waals surface area contributed by atoms with Crippen LogP contribution in [0.2, 0.25) is 0 Å². The number of benzene rings is 1. The number of amidine groups is 1. The molecule has 0 spiro atoms. The number of anilines is 1. The van der Waals surface area contributed by atoms with Crippen LogP contribution < -0.4 is 5.32 Å². The molecule has 2 rings (SSSR count). The summed E-state index contributed by atoms with van der Waals surface area (Å²) in [6, 6.07) is 8.55. The molecule has 0 radical (unpaired) electrons. The lowest BCUT2D eigenvalue weighted by atomic mass is 10.1. The van der Waals surface area contributed by atoms with Gasteiger partial charge in [0, 0.05) is 18.7 Å². The predicted molar refractivity (Wildman–Crippen MR) is 77.5 cm³/mol. The van der Waals surface area contributed by atoms with Crippen LogP contribution in [-0.2, 0) is 6.42 Å². The van der Waals surface area contributed by atoms with Crippen molar-refractivity contribution in [3.05, 3.63) is 29.8 Å². The molecule has 1 aromatic rings. The Morgan fingerprint density at radius 2 is 2.06 bits per heavy atom. The highest BCUT2D eigenvalue weighted by Crippen LogP contribution is 2.21. The summed E-state index contributed by atoms with van der Waals surface area (Å²) < 4.78 is 0. The molecule has 0 bridgehead atoms. The summed E-state index contributed by atoms with van der Waals surface area (Å²) in [6.07, 6.45) is 5.85. The largest absolute Gasteiger partial charge is 0.344 e. The van der Waals surface area contributed by atoms with Gasteiger partial charge in [-0.3, -0.25) is 4.99 Å². The van der Waals surface area contributed by atoms with Crippen LogP contribution in [0.25, 0.3) is 0 Å². The summed E-state index contributed by atoms with van der Waals surface area (Å²) in [5.74, 6) is 1.17. The molecule has 2 nitrogen and oxygen atoms in total. The van der Waals surface area contributed by atoms with Crippen LogP contribution in [-0.4, -0.2) is 12.4 Å². The van der Waals surface area contributed by atoms with E-state index in [4.69, 9.17) is 0 Å². The summed E-state index contributed by atoms with van der Waals surface area (Å²) >= 11 is 0. The van der Waals surface area contributed by atoms with E-state index in [1.165, 1.54) is 36.3 Å². The zero-order chi connectivity index (χ0) is 11.2. The maximum atomic E-state index is 4.64. The standard InChI is InChI=1S/C14H20N2.ClH/c1-2-3-11-15-14-10-6-8-12-7-4-5-9-13(12)16-14;/h4-5,7,9H,2-3,6,8,10-11H2,1H3,(H,15,16);1H. The second-order valence-corrected chi connectivity index (χ2v) is 4.32. The Labute approximate surface area is 110 Å². The molecule has 1 heterocycles. The zero-order valence-electron chi connectivity index (χ0n) is 10.4. The van der Waals surface area contributed by atoms with E-state index >= 15 is 0 Å². The zero-order valence-corrected chi connectivity index (χ0v) is 11.2. The molecule has 17 heavy (non-hydrogen) atoms. The Morgan fingerprint density at radius 1 is 1.24 bits per heavy atom. The van der Waals surface area contributed by atoms with Gasteiger partial charge in [-0.25, -0.2) is 0 Å². The van der Waals surface area contributed by atoms with Gasteiger partial charge < -0.3 is 5.32 Å². The molecule has 0 atom stereocenters. The van der Waals surface area contributed by atoms with Gasteiger partial charge in [-0.1, -0.05) is 31.5 Å². The predicted octanol–water partition coefficient (Wildman–Crippen LogP) is 4.06. The summed E-state index contributed by atoms with van der Waals surface area (Å²) in [5.41, 5.74) is 2.67. The first-order valence-corrected chi connectivity index (χ1v) is 6.28. The van der Waals surface area contributed by atoms with E-state index in [-0.39, 0.29) is 12.4 Å². The van der Waals surface area contributed by atoms with Crippen LogP contribution >= 0.6 is 12.4 Å². The first-order chi connectivity index (χ1) is 7.90. The summed E-state index contributed by atoms with van der Waals surface area (Å²) in [4.78, 5) is 4.64. The van der Waals surface area contributed by atoms with Crippen LogP contribution in [0.3, 0.4) is 0 Å². The molecule has 1 aliphatic rings. The van der Waals surface area contributed by atoms with Gasteiger partial charge in [0.1, 0.15) is 5.84 Å². The highest BCUT2D eigenvalue weighted by Gasteiger charge is 2.09. The van der Waals surface area contributed by atoms with Crippen molar-refractivity contribution in [2.24, 2.45) is 4.99 Å². The average molecular weight is 253 g/mol. The number of nitrogens with zero attached hydrogens (tertiary/aromatic N) is 1. The van der Waals surface area contributed by atoms with E-state index in [0.717, 1.165) is 19.4 Å². The number of para-hydroxylation sites is 1. The highest BCUT2D eigenvalue weighted by atomic mass is 35.5. The fourth-order valence-electron chi connectivity index (χ4n) is 2.02. The van der Waals surface area contributed by atoms with Gasteiger partial charge in [0.25, 0.3) is 0 Å². The fraction of sp³-hybridized carbons (Fsp3) is 0.500. The van der Waals surface area contributed by atoms with E-state index in [0.29, 0.717) is 0 Å². The number of hydrogen-bond acceptors (Lipinski definition) is 1. The quantitative estimate of drug-likeness (QED) is 0.807. The van der Waals surface area contributed by atoms with E-state index in [1.807, 2.05) is 0 Å². The Kier molecular flexibility index (Phi) is 6.06. The molecular weight excluding hydrogens is 232 g/mol. The van der Waals surface area contributed by atoms with E-state index in [2.05, 4.69) is 41.5 Å². The number of fused-ring (bicyclic) bond motifs is 1. The summed E-state index contributed by atoms with van der Waals surface area (Å²) in [5, 5.41) is 3.47. The van der Waals surface area contributed by atoms with Crippen molar-refractivity contribution in [3.63, 3.8) is 0 Å². The third-order valence-electron chi connectivity index (χ3n) is 2.97. The van der Waals surface area contributed by atoms with E-state index in [1.54, 1.807) is 0 Å². The van der Waals surface area contributed by atoms with Gasteiger partial charge in [0.2, 0.25) is 0 Å². The number of aliphatic imine (C=N–C) groups is 1.